The number of rotatable bonds is 1. The number of guanidine groups is 1. The van der Waals surface area contributed by atoms with Crippen molar-refractivity contribution in [2.45, 2.75) is 0 Å². The molecule has 0 radical (unpaired) electrons. The quantitative estimate of drug-likeness (QED) is 0.696. The van der Waals surface area contributed by atoms with Crippen LogP contribution in [0, 0.1) is 11.2 Å². The van der Waals surface area contributed by atoms with E-state index in [1.165, 1.54) is 17.0 Å². The van der Waals surface area contributed by atoms with Crippen molar-refractivity contribution in [1.29, 1.82) is 5.41 Å². The lowest BCUT2D eigenvalue weighted by Gasteiger charge is -2.08. The number of likely N-dealkylation sites (N-methyl/N-ethyl adjacent to an activating group) is 1. The second-order valence-electron chi connectivity index (χ2n) is 3.41. The minimum atomic E-state index is -0.394. The highest BCUT2D eigenvalue weighted by Gasteiger charge is 2.26. The summed E-state index contributed by atoms with van der Waals surface area (Å²) in [5.41, 5.74) is 0.587. The van der Waals surface area contributed by atoms with Gasteiger partial charge in [0.05, 0.1) is 0 Å². The SMILES string of the molecule is CN1C(=N)NC(=O)/C1=C\c1ccccc1F. The molecule has 1 aliphatic rings. The van der Waals surface area contributed by atoms with Gasteiger partial charge in [0.1, 0.15) is 11.5 Å². The van der Waals surface area contributed by atoms with E-state index in [0.29, 0.717) is 5.56 Å². The van der Waals surface area contributed by atoms with E-state index in [9.17, 15) is 9.18 Å². The van der Waals surface area contributed by atoms with Gasteiger partial charge in [0.2, 0.25) is 5.96 Å². The molecular weight excluding hydrogens is 209 g/mol. The molecule has 2 rings (SSSR count). The molecule has 4 nitrogen and oxygen atoms in total. The Morgan fingerprint density at radius 2 is 2.12 bits per heavy atom. The van der Waals surface area contributed by atoms with Crippen molar-refractivity contribution < 1.29 is 9.18 Å². The fourth-order valence-corrected chi connectivity index (χ4v) is 1.43. The van der Waals surface area contributed by atoms with E-state index in [2.05, 4.69) is 5.32 Å². The number of carbonyl (C=O) groups excluding carboxylic acids is 1. The topological polar surface area (TPSA) is 56.2 Å². The molecule has 1 aromatic rings. The van der Waals surface area contributed by atoms with Crippen LogP contribution in [-0.4, -0.2) is 23.8 Å². The van der Waals surface area contributed by atoms with Crippen LogP contribution in [0.5, 0.6) is 0 Å². The highest BCUT2D eigenvalue weighted by atomic mass is 19.1. The first-order valence-electron chi connectivity index (χ1n) is 4.69. The molecule has 82 valence electrons. The lowest BCUT2D eigenvalue weighted by atomic mass is 10.2. The maximum atomic E-state index is 13.3. The third-order valence-electron chi connectivity index (χ3n) is 2.36. The minimum absolute atomic E-state index is 0.00686. The molecule has 5 heteroatoms. The molecule has 1 aromatic carbocycles. The summed E-state index contributed by atoms with van der Waals surface area (Å²) in [5, 5.41) is 9.73. The molecule has 2 N–H and O–H groups in total. The summed E-state index contributed by atoms with van der Waals surface area (Å²) < 4.78 is 13.3. The highest BCUT2D eigenvalue weighted by Crippen LogP contribution is 2.16. The number of amides is 1. The van der Waals surface area contributed by atoms with Crippen molar-refractivity contribution in [2.24, 2.45) is 0 Å². The number of hydrogen-bond donors (Lipinski definition) is 2. The maximum Gasteiger partial charge on any atom is 0.274 e. The molecule has 1 heterocycles. The predicted octanol–water partition coefficient (Wildman–Crippen LogP) is 1.16. The zero-order valence-electron chi connectivity index (χ0n) is 8.62. The van der Waals surface area contributed by atoms with Crippen LogP contribution in [0.3, 0.4) is 0 Å². The van der Waals surface area contributed by atoms with Gasteiger partial charge in [0.25, 0.3) is 5.91 Å². The summed E-state index contributed by atoms with van der Waals surface area (Å²) in [6.07, 6.45) is 1.42. The smallest absolute Gasteiger partial charge is 0.274 e. The Labute approximate surface area is 91.9 Å². The van der Waals surface area contributed by atoms with Gasteiger partial charge in [-0.15, -0.1) is 0 Å². The Morgan fingerprint density at radius 3 is 2.69 bits per heavy atom. The van der Waals surface area contributed by atoms with Gasteiger partial charge in [-0.25, -0.2) is 4.39 Å². The number of carbonyl (C=O) groups is 1. The molecule has 0 aliphatic carbocycles. The molecule has 1 amide bonds. The fourth-order valence-electron chi connectivity index (χ4n) is 1.43. The lowest BCUT2D eigenvalue weighted by molar-refractivity contribution is -0.115. The van der Waals surface area contributed by atoms with Crippen LogP contribution in [0.4, 0.5) is 4.39 Å². The molecule has 0 saturated carbocycles. The van der Waals surface area contributed by atoms with E-state index >= 15 is 0 Å². The van der Waals surface area contributed by atoms with Crippen molar-refractivity contribution in [2.75, 3.05) is 7.05 Å². The van der Waals surface area contributed by atoms with Crippen molar-refractivity contribution >= 4 is 17.9 Å². The van der Waals surface area contributed by atoms with Crippen molar-refractivity contribution in [3.8, 4) is 0 Å². The van der Waals surface area contributed by atoms with Gasteiger partial charge in [-0.1, -0.05) is 18.2 Å². The van der Waals surface area contributed by atoms with Gasteiger partial charge in [-0.2, -0.15) is 0 Å². The summed E-state index contributed by atoms with van der Waals surface area (Å²) in [4.78, 5) is 12.8. The standard InChI is InChI=1S/C11H10FN3O/c1-15-9(10(16)14-11(15)13)6-7-4-2-3-5-8(7)12/h2-6H,1H3,(H2,13,14,16)/b9-6+. The molecule has 0 unspecified atom stereocenters. The van der Waals surface area contributed by atoms with Crippen LogP contribution in [-0.2, 0) is 4.79 Å². The van der Waals surface area contributed by atoms with E-state index in [1.54, 1.807) is 25.2 Å². The fraction of sp³-hybridized carbons (Fsp3) is 0.0909. The summed E-state index contributed by atoms with van der Waals surface area (Å²) in [7, 11) is 1.58. The van der Waals surface area contributed by atoms with Crippen LogP contribution < -0.4 is 5.32 Å². The summed E-state index contributed by atoms with van der Waals surface area (Å²) >= 11 is 0. The second-order valence-corrected chi connectivity index (χ2v) is 3.41. The lowest BCUT2D eigenvalue weighted by Crippen LogP contribution is -2.25. The van der Waals surface area contributed by atoms with Crippen LogP contribution in [0.2, 0.25) is 0 Å². The van der Waals surface area contributed by atoms with Gasteiger partial charge in [0.15, 0.2) is 0 Å². The number of nitrogens with zero attached hydrogens (tertiary/aromatic N) is 1. The molecule has 16 heavy (non-hydrogen) atoms. The maximum absolute atomic E-state index is 13.3. The number of hydrogen-bond acceptors (Lipinski definition) is 2. The first kappa shape index (κ1) is 10.4. The monoisotopic (exact) mass is 219 g/mol. The third kappa shape index (κ3) is 1.67. The van der Waals surface area contributed by atoms with Crippen molar-refractivity contribution in [3.05, 3.63) is 41.3 Å². The van der Waals surface area contributed by atoms with Crippen molar-refractivity contribution in [3.63, 3.8) is 0 Å². The summed E-state index contributed by atoms with van der Waals surface area (Å²) in [6, 6.07) is 6.17. The third-order valence-corrected chi connectivity index (χ3v) is 2.36. The Balaban J connectivity index is 2.42. The molecule has 0 aromatic heterocycles. The Morgan fingerprint density at radius 1 is 1.44 bits per heavy atom. The number of benzene rings is 1. The van der Waals surface area contributed by atoms with E-state index in [-0.39, 0.29) is 11.7 Å². The molecule has 1 aliphatic heterocycles. The minimum Gasteiger partial charge on any atom is -0.311 e. The first-order valence-corrected chi connectivity index (χ1v) is 4.69. The van der Waals surface area contributed by atoms with Crippen LogP contribution in [0.1, 0.15) is 5.56 Å². The van der Waals surface area contributed by atoms with E-state index in [4.69, 9.17) is 5.41 Å². The zero-order valence-corrected chi connectivity index (χ0v) is 8.62. The molecule has 1 fully saturated rings. The largest absolute Gasteiger partial charge is 0.311 e. The predicted molar refractivity (Wildman–Crippen MR) is 58.0 cm³/mol. The van der Waals surface area contributed by atoms with Gasteiger partial charge in [-0.05, 0) is 12.1 Å². The average Bonchev–Trinajstić information content (AvgIpc) is 2.48. The Hall–Kier alpha value is -2.17. The molecule has 1 saturated heterocycles. The van der Waals surface area contributed by atoms with Gasteiger partial charge < -0.3 is 4.90 Å². The van der Waals surface area contributed by atoms with E-state index in [0.717, 1.165) is 0 Å². The van der Waals surface area contributed by atoms with Crippen LogP contribution in [0.25, 0.3) is 6.08 Å². The normalized spacial score (nSPS) is 18.1. The summed E-state index contributed by atoms with van der Waals surface area (Å²) in [6.45, 7) is 0. The van der Waals surface area contributed by atoms with E-state index < -0.39 is 11.7 Å². The summed E-state index contributed by atoms with van der Waals surface area (Å²) in [5.74, 6) is -0.794. The second kappa shape index (κ2) is 3.77. The molecular formula is C11H10FN3O. The molecule has 0 bridgehead atoms. The highest BCUT2D eigenvalue weighted by molar-refractivity contribution is 6.14. The number of nitrogens with one attached hydrogen (secondary N) is 2. The average molecular weight is 219 g/mol. The Kier molecular flexibility index (Phi) is 2.44. The van der Waals surface area contributed by atoms with Gasteiger partial charge >= 0.3 is 0 Å². The Bertz CT molecular complexity index is 496. The van der Waals surface area contributed by atoms with Gasteiger partial charge in [0, 0.05) is 12.6 Å². The van der Waals surface area contributed by atoms with Crippen molar-refractivity contribution in [1.82, 2.24) is 10.2 Å². The molecule has 0 spiro atoms. The first-order chi connectivity index (χ1) is 7.59. The zero-order chi connectivity index (χ0) is 11.7. The van der Waals surface area contributed by atoms with Gasteiger partial charge in [-0.3, -0.25) is 15.5 Å². The van der Waals surface area contributed by atoms with E-state index in [1.807, 2.05) is 0 Å². The van der Waals surface area contributed by atoms with Crippen LogP contribution >= 0.6 is 0 Å². The van der Waals surface area contributed by atoms with Crippen LogP contribution in [0.15, 0.2) is 30.0 Å². The molecule has 0 atom stereocenters. The number of halogens is 1.